The zero-order valence-electron chi connectivity index (χ0n) is 15.1. The molecule has 0 aliphatic rings. The molecule has 3 aromatic carbocycles. The molecule has 0 aliphatic heterocycles. The van der Waals surface area contributed by atoms with E-state index in [1.54, 1.807) is 12.1 Å². The Labute approximate surface area is 167 Å². The molecule has 0 spiro atoms. The van der Waals surface area contributed by atoms with Crippen LogP contribution in [-0.2, 0) is 0 Å². The Morgan fingerprint density at radius 3 is 2.43 bits per heavy atom. The van der Waals surface area contributed by atoms with Crippen LogP contribution in [0, 0.1) is 12.7 Å². The summed E-state index contributed by atoms with van der Waals surface area (Å²) < 4.78 is 19.3. The molecule has 6 heteroatoms. The third kappa shape index (κ3) is 3.89. The molecule has 4 aromatic rings. The van der Waals surface area contributed by atoms with Gasteiger partial charge in [-0.1, -0.05) is 48.0 Å². The van der Waals surface area contributed by atoms with Gasteiger partial charge in [0.2, 0.25) is 11.8 Å². The number of benzene rings is 3. The quantitative estimate of drug-likeness (QED) is 0.449. The Balaban J connectivity index is 1.71. The summed E-state index contributed by atoms with van der Waals surface area (Å²) in [5.41, 5.74) is 3.40. The number of aromatic nitrogens is 2. The zero-order valence-corrected chi connectivity index (χ0v) is 15.8. The second-order valence-corrected chi connectivity index (χ2v) is 6.81. The maximum atomic E-state index is 13.4. The number of halogens is 2. The number of hydrogen-bond acceptors (Lipinski definition) is 4. The molecule has 0 saturated heterocycles. The SMILES string of the molecule is Cc1ccc(N[C@@H](c2ccc(F)cc2)c2nnc(-c3ccccc3)o2)cc1Cl. The van der Waals surface area contributed by atoms with Crippen molar-refractivity contribution < 1.29 is 8.81 Å². The topological polar surface area (TPSA) is 51.0 Å². The van der Waals surface area contributed by atoms with E-state index in [1.807, 2.05) is 55.5 Å². The lowest BCUT2D eigenvalue weighted by Crippen LogP contribution is -2.13. The summed E-state index contributed by atoms with van der Waals surface area (Å²) in [6, 6.07) is 20.9. The van der Waals surface area contributed by atoms with E-state index >= 15 is 0 Å². The van der Waals surface area contributed by atoms with Gasteiger partial charge in [-0.2, -0.15) is 0 Å². The Morgan fingerprint density at radius 1 is 0.964 bits per heavy atom. The van der Waals surface area contributed by atoms with Gasteiger partial charge in [-0.15, -0.1) is 10.2 Å². The predicted octanol–water partition coefficient (Wildman–Crippen LogP) is 6.04. The summed E-state index contributed by atoms with van der Waals surface area (Å²) in [4.78, 5) is 0. The fraction of sp³-hybridized carbons (Fsp3) is 0.0909. The number of aryl methyl sites for hydroxylation is 1. The summed E-state index contributed by atoms with van der Waals surface area (Å²) in [7, 11) is 0. The first-order valence-electron chi connectivity index (χ1n) is 8.77. The van der Waals surface area contributed by atoms with Crippen LogP contribution < -0.4 is 5.32 Å². The van der Waals surface area contributed by atoms with Crippen LogP contribution in [-0.4, -0.2) is 10.2 Å². The van der Waals surface area contributed by atoms with Gasteiger partial charge in [0.05, 0.1) is 0 Å². The van der Waals surface area contributed by atoms with E-state index in [-0.39, 0.29) is 5.82 Å². The van der Waals surface area contributed by atoms with Crippen molar-refractivity contribution in [3.05, 3.63) is 101 Å². The van der Waals surface area contributed by atoms with E-state index in [0.717, 1.165) is 22.4 Å². The highest BCUT2D eigenvalue weighted by molar-refractivity contribution is 6.31. The lowest BCUT2D eigenvalue weighted by Gasteiger charge is -2.17. The molecule has 0 bridgehead atoms. The van der Waals surface area contributed by atoms with Gasteiger partial charge in [0.25, 0.3) is 0 Å². The van der Waals surface area contributed by atoms with Gasteiger partial charge in [0.15, 0.2) is 0 Å². The fourth-order valence-electron chi connectivity index (χ4n) is 2.84. The molecule has 1 heterocycles. The molecule has 1 aromatic heterocycles. The van der Waals surface area contributed by atoms with Gasteiger partial charge in [0.1, 0.15) is 11.9 Å². The summed E-state index contributed by atoms with van der Waals surface area (Å²) in [6.45, 7) is 1.94. The molecular weight excluding hydrogens is 377 g/mol. The third-order valence-electron chi connectivity index (χ3n) is 4.39. The van der Waals surface area contributed by atoms with Crippen molar-refractivity contribution in [2.24, 2.45) is 0 Å². The first kappa shape index (κ1) is 18.2. The molecule has 0 unspecified atom stereocenters. The van der Waals surface area contributed by atoms with Crippen LogP contribution in [0.4, 0.5) is 10.1 Å². The summed E-state index contributed by atoms with van der Waals surface area (Å²) in [5, 5.41) is 12.4. The Kier molecular flexibility index (Phi) is 5.08. The third-order valence-corrected chi connectivity index (χ3v) is 4.80. The lowest BCUT2D eigenvalue weighted by atomic mass is 10.1. The molecular formula is C22H17ClFN3O. The molecule has 4 rings (SSSR count). The van der Waals surface area contributed by atoms with Gasteiger partial charge in [-0.05, 0) is 54.4 Å². The normalized spacial score (nSPS) is 12.0. The van der Waals surface area contributed by atoms with Crippen LogP contribution in [0.5, 0.6) is 0 Å². The van der Waals surface area contributed by atoms with Crippen LogP contribution in [0.15, 0.2) is 77.2 Å². The highest BCUT2D eigenvalue weighted by atomic mass is 35.5. The lowest BCUT2D eigenvalue weighted by molar-refractivity contribution is 0.494. The average Bonchev–Trinajstić information content (AvgIpc) is 3.20. The van der Waals surface area contributed by atoms with Crippen LogP contribution in [0.25, 0.3) is 11.5 Å². The summed E-state index contributed by atoms with van der Waals surface area (Å²) in [5.74, 6) is 0.491. The first-order valence-corrected chi connectivity index (χ1v) is 9.15. The molecule has 1 atom stereocenters. The van der Waals surface area contributed by atoms with Crippen LogP contribution in [0.1, 0.15) is 23.1 Å². The molecule has 0 saturated carbocycles. The second-order valence-electron chi connectivity index (χ2n) is 6.40. The fourth-order valence-corrected chi connectivity index (χ4v) is 3.02. The van der Waals surface area contributed by atoms with Crippen LogP contribution in [0.2, 0.25) is 5.02 Å². The number of rotatable bonds is 5. The maximum absolute atomic E-state index is 13.4. The molecule has 28 heavy (non-hydrogen) atoms. The number of nitrogens with one attached hydrogen (secondary N) is 1. The van der Waals surface area contributed by atoms with Gasteiger partial charge < -0.3 is 9.73 Å². The van der Waals surface area contributed by atoms with Gasteiger partial charge in [-0.3, -0.25) is 0 Å². The minimum absolute atomic E-state index is 0.309. The Bertz CT molecular complexity index is 1080. The molecule has 0 radical (unpaired) electrons. The van der Waals surface area contributed by atoms with Crippen molar-refractivity contribution in [1.82, 2.24) is 10.2 Å². The average molecular weight is 394 g/mol. The monoisotopic (exact) mass is 393 g/mol. The van der Waals surface area contributed by atoms with E-state index in [2.05, 4.69) is 15.5 Å². The predicted molar refractivity (Wildman–Crippen MR) is 108 cm³/mol. The molecule has 1 N–H and O–H groups in total. The number of hydrogen-bond donors (Lipinski definition) is 1. The number of anilines is 1. The standard InChI is InChI=1S/C22H17ClFN3O/c1-14-7-12-18(13-19(14)23)25-20(15-8-10-17(24)11-9-15)22-27-26-21(28-22)16-5-3-2-4-6-16/h2-13,20,25H,1H3/t20-/m0/s1. The largest absolute Gasteiger partial charge is 0.418 e. The molecule has 0 amide bonds. The Hall–Kier alpha value is -3.18. The van der Waals surface area contributed by atoms with Crippen molar-refractivity contribution in [3.63, 3.8) is 0 Å². The minimum Gasteiger partial charge on any atom is -0.418 e. The smallest absolute Gasteiger partial charge is 0.247 e. The van der Waals surface area contributed by atoms with Gasteiger partial charge in [0, 0.05) is 16.3 Å². The zero-order chi connectivity index (χ0) is 19.5. The second kappa shape index (κ2) is 7.82. The van der Waals surface area contributed by atoms with Crippen LogP contribution in [0.3, 0.4) is 0 Å². The van der Waals surface area contributed by atoms with Crippen molar-refractivity contribution in [1.29, 1.82) is 0 Å². The molecule has 140 valence electrons. The van der Waals surface area contributed by atoms with Crippen molar-refractivity contribution in [3.8, 4) is 11.5 Å². The van der Waals surface area contributed by atoms with E-state index in [4.69, 9.17) is 16.0 Å². The van der Waals surface area contributed by atoms with E-state index in [1.165, 1.54) is 12.1 Å². The number of nitrogens with zero attached hydrogens (tertiary/aromatic N) is 2. The first-order chi connectivity index (χ1) is 13.6. The van der Waals surface area contributed by atoms with E-state index in [9.17, 15) is 4.39 Å². The molecule has 4 nitrogen and oxygen atoms in total. The Morgan fingerprint density at radius 2 is 1.71 bits per heavy atom. The van der Waals surface area contributed by atoms with E-state index < -0.39 is 6.04 Å². The minimum atomic E-state index is -0.454. The highest BCUT2D eigenvalue weighted by Gasteiger charge is 2.22. The highest BCUT2D eigenvalue weighted by Crippen LogP contribution is 2.30. The van der Waals surface area contributed by atoms with E-state index in [0.29, 0.717) is 16.8 Å². The summed E-state index contributed by atoms with van der Waals surface area (Å²) >= 11 is 6.25. The molecule has 0 fully saturated rings. The van der Waals surface area contributed by atoms with Crippen molar-refractivity contribution in [2.45, 2.75) is 13.0 Å². The summed E-state index contributed by atoms with van der Waals surface area (Å²) in [6.07, 6.45) is 0. The maximum Gasteiger partial charge on any atom is 0.247 e. The molecule has 0 aliphatic carbocycles. The van der Waals surface area contributed by atoms with Crippen molar-refractivity contribution in [2.75, 3.05) is 5.32 Å². The van der Waals surface area contributed by atoms with Crippen molar-refractivity contribution >= 4 is 17.3 Å². The van der Waals surface area contributed by atoms with Crippen LogP contribution >= 0.6 is 11.6 Å². The van der Waals surface area contributed by atoms with Gasteiger partial charge in [-0.25, -0.2) is 4.39 Å². The van der Waals surface area contributed by atoms with Gasteiger partial charge >= 0.3 is 0 Å².